The summed E-state index contributed by atoms with van der Waals surface area (Å²) in [6.07, 6.45) is 0. The smallest absolute Gasteiger partial charge is 0.297 e. The molecule has 0 spiro atoms. The van der Waals surface area contributed by atoms with Gasteiger partial charge in [-0.2, -0.15) is 0 Å². The molecule has 1 aromatic heterocycles. The van der Waals surface area contributed by atoms with Crippen molar-refractivity contribution in [3.63, 3.8) is 0 Å². The van der Waals surface area contributed by atoms with E-state index in [2.05, 4.69) is 5.16 Å². The van der Waals surface area contributed by atoms with Gasteiger partial charge in [0.2, 0.25) is 0 Å². The third-order valence-corrected chi connectivity index (χ3v) is 2.29. The Morgan fingerprint density at radius 3 is 2.86 bits per heavy atom. The van der Waals surface area contributed by atoms with Crippen LogP contribution in [0.3, 0.4) is 0 Å². The third kappa shape index (κ3) is 1.48. The number of benzene rings is 1. The zero-order valence-electron chi connectivity index (χ0n) is 7.60. The van der Waals surface area contributed by atoms with Crippen LogP contribution in [0.5, 0.6) is 0 Å². The average molecular weight is 204 g/mol. The fourth-order valence-electron chi connectivity index (χ4n) is 1.22. The molecule has 0 saturated carbocycles. The summed E-state index contributed by atoms with van der Waals surface area (Å²) in [7, 11) is 1.80. The van der Waals surface area contributed by atoms with Crippen LogP contribution < -0.4 is 0 Å². The second-order valence-corrected chi connectivity index (χ2v) is 3.31. The van der Waals surface area contributed by atoms with Gasteiger partial charge in [-0.1, -0.05) is 23.4 Å². The Hall–Kier alpha value is -1.42. The lowest BCUT2D eigenvalue weighted by atomic mass is 10.1. The van der Waals surface area contributed by atoms with Crippen molar-refractivity contribution in [1.29, 1.82) is 0 Å². The van der Waals surface area contributed by atoms with E-state index in [0.29, 0.717) is 16.2 Å². The van der Waals surface area contributed by atoms with Gasteiger partial charge in [-0.05, 0) is 30.8 Å². The summed E-state index contributed by atoms with van der Waals surface area (Å²) in [6, 6.07) is 7.41. The molecule has 0 aliphatic rings. The maximum absolute atomic E-state index is 5.66. The van der Waals surface area contributed by atoms with Gasteiger partial charge in [0.15, 0.2) is 5.82 Å². The number of nitrogens with zero attached hydrogens (tertiary/aromatic N) is 2. The molecule has 2 radical (unpaired) electrons. The van der Waals surface area contributed by atoms with E-state index in [1.54, 1.807) is 11.6 Å². The van der Waals surface area contributed by atoms with E-state index in [0.717, 1.165) is 5.56 Å². The first-order chi connectivity index (χ1) is 6.68. The zero-order valence-corrected chi connectivity index (χ0v) is 8.41. The van der Waals surface area contributed by atoms with E-state index < -0.39 is 0 Å². The van der Waals surface area contributed by atoms with Crippen LogP contribution in [0.15, 0.2) is 28.8 Å². The van der Waals surface area contributed by atoms with E-state index >= 15 is 0 Å². The number of rotatable bonds is 1. The Bertz CT molecular complexity index is 513. The fraction of sp³-hybridized carbons (Fsp3) is 0.100. The zero-order chi connectivity index (χ0) is 10.1. The second-order valence-electron chi connectivity index (χ2n) is 2.96. The molecule has 2 rings (SSSR count). The van der Waals surface area contributed by atoms with Gasteiger partial charge < -0.3 is 4.52 Å². The van der Waals surface area contributed by atoms with Crippen LogP contribution in [0.2, 0.25) is 0 Å². The Balaban J connectivity index is 2.60. The van der Waals surface area contributed by atoms with E-state index in [4.69, 9.17) is 23.7 Å². The number of aromatic nitrogens is 2. The lowest BCUT2D eigenvalue weighted by Gasteiger charge is -1.99. The normalized spacial score (nSPS) is 10.4. The maximum atomic E-state index is 5.66. The Labute approximate surface area is 87.0 Å². The average Bonchev–Trinajstić information content (AvgIpc) is 2.48. The first kappa shape index (κ1) is 9.15. The summed E-state index contributed by atoms with van der Waals surface area (Å²) in [5, 5.41) is 3.85. The van der Waals surface area contributed by atoms with E-state index in [1.165, 1.54) is 0 Å². The van der Waals surface area contributed by atoms with Crippen molar-refractivity contribution in [2.45, 2.75) is 0 Å². The highest BCUT2D eigenvalue weighted by Crippen LogP contribution is 2.17. The highest BCUT2D eigenvalue weighted by atomic mass is 32.1. The van der Waals surface area contributed by atoms with E-state index in [1.807, 2.05) is 24.3 Å². The molecule has 0 N–H and O–H groups in total. The van der Waals surface area contributed by atoms with Crippen molar-refractivity contribution in [3.8, 4) is 11.4 Å². The monoisotopic (exact) mass is 204 g/mol. The van der Waals surface area contributed by atoms with Crippen molar-refractivity contribution >= 4 is 12.2 Å². The lowest BCUT2D eigenvalue weighted by Crippen LogP contribution is -1.92. The van der Waals surface area contributed by atoms with Gasteiger partial charge in [-0.25, -0.2) is 0 Å². The van der Waals surface area contributed by atoms with E-state index in [9.17, 15) is 0 Å². The van der Waals surface area contributed by atoms with Crippen LogP contribution in [-0.2, 0) is 7.05 Å². The van der Waals surface area contributed by atoms with Crippen molar-refractivity contribution in [3.05, 3.63) is 41.6 Å². The van der Waals surface area contributed by atoms with Gasteiger partial charge in [0, 0.05) is 12.6 Å². The minimum atomic E-state index is 0.349. The van der Waals surface area contributed by atoms with Crippen LogP contribution in [0.4, 0.5) is 0 Å². The van der Waals surface area contributed by atoms with Crippen LogP contribution in [0, 0.1) is 11.8 Å². The molecule has 0 atom stereocenters. The van der Waals surface area contributed by atoms with Crippen LogP contribution in [0.25, 0.3) is 11.4 Å². The first-order valence-electron chi connectivity index (χ1n) is 4.07. The molecule has 70 valence electrons. The van der Waals surface area contributed by atoms with Gasteiger partial charge in [0.05, 0.1) is 0 Å². The molecule has 1 aromatic carbocycles. The molecule has 2 aromatic rings. The Morgan fingerprint density at radius 2 is 2.29 bits per heavy atom. The minimum Gasteiger partial charge on any atom is -0.324 e. The summed E-state index contributed by atoms with van der Waals surface area (Å²) in [4.78, 5) is 0.349. The van der Waals surface area contributed by atoms with Gasteiger partial charge in [-0.3, -0.25) is 4.57 Å². The summed E-state index contributed by atoms with van der Waals surface area (Å²) >= 11 is 4.91. The summed E-state index contributed by atoms with van der Waals surface area (Å²) in [6.45, 7) is 5.66. The predicted molar refractivity (Wildman–Crippen MR) is 55.1 cm³/mol. The lowest BCUT2D eigenvalue weighted by molar-refractivity contribution is 0.400. The van der Waals surface area contributed by atoms with Gasteiger partial charge in [0.1, 0.15) is 0 Å². The topological polar surface area (TPSA) is 31.0 Å². The quantitative estimate of drug-likeness (QED) is 0.668. The van der Waals surface area contributed by atoms with Crippen molar-refractivity contribution in [2.75, 3.05) is 0 Å². The molecule has 0 bridgehead atoms. The van der Waals surface area contributed by atoms with Crippen molar-refractivity contribution < 1.29 is 4.52 Å². The standard InChI is InChI=1S/C10H8N2OS/c1-7-4-3-5-8(6-7)9-11-13-10(14)12(9)2/h1,3-6H,2H3. The molecule has 14 heavy (non-hydrogen) atoms. The fourth-order valence-corrected chi connectivity index (χ4v) is 1.34. The highest BCUT2D eigenvalue weighted by molar-refractivity contribution is 7.71. The number of hydrogen-bond acceptors (Lipinski definition) is 3. The molecular formula is C10H8N2OS. The van der Waals surface area contributed by atoms with Crippen molar-refractivity contribution in [1.82, 2.24) is 9.72 Å². The summed E-state index contributed by atoms with van der Waals surface area (Å²) < 4.78 is 6.58. The third-order valence-electron chi connectivity index (χ3n) is 1.95. The molecule has 0 aliphatic heterocycles. The Morgan fingerprint density at radius 1 is 1.50 bits per heavy atom. The molecule has 4 heteroatoms. The van der Waals surface area contributed by atoms with Gasteiger partial charge in [-0.15, -0.1) is 0 Å². The molecule has 1 heterocycles. The molecule has 0 aliphatic carbocycles. The molecule has 0 amide bonds. The molecule has 3 nitrogen and oxygen atoms in total. The number of hydrogen-bond donors (Lipinski definition) is 0. The van der Waals surface area contributed by atoms with E-state index in [-0.39, 0.29) is 0 Å². The highest BCUT2D eigenvalue weighted by Gasteiger charge is 2.06. The van der Waals surface area contributed by atoms with Gasteiger partial charge >= 0.3 is 0 Å². The molecule has 0 fully saturated rings. The largest absolute Gasteiger partial charge is 0.324 e. The van der Waals surface area contributed by atoms with Crippen LogP contribution >= 0.6 is 12.2 Å². The second kappa shape index (κ2) is 3.38. The van der Waals surface area contributed by atoms with Crippen LogP contribution in [0.1, 0.15) is 5.56 Å². The molecule has 0 unspecified atom stereocenters. The van der Waals surface area contributed by atoms with Crippen LogP contribution in [-0.4, -0.2) is 9.72 Å². The molecule has 0 saturated heterocycles. The van der Waals surface area contributed by atoms with Crippen molar-refractivity contribution in [2.24, 2.45) is 7.05 Å². The first-order valence-corrected chi connectivity index (χ1v) is 4.48. The van der Waals surface area contributed by atoms with Gasteiger partial charge in [0.25, 0.3) is 4.84 Å². The predicted octanol–water partition coefficient (Wildman–Crippen LogP) is 2.47. The summed E-state index contributed by atoms with van der Waals surface area (Å²) in [5.41, 5.74) is 1.59. The minimum absolute atomic E-state index is 0.349. The SMILES string of the molecule is [CH]c1cccc(-c2noc(=S)n2C)c1. The maximum Gasteiger partial charge on any atom is 0.297 e. The molecular weight excluding hydrogens is 196 g/mol. The Kier molecular flexibility index (Phi) is 2.21. The summed E-state index contributed by atoms with van der Waals surface area (Å²) in [5.74, 6) is 0.683.